The maximum atomic E-state index is 14.2. The summed E-state index contributed by atoms with van der Waals surface area (Å²) in [5.41, 5.74) is 1.62. The van der Waals surface area contributed by atoms with Crippen molar-refractivity contribution >= 4 is 11.4 Å². The summed E-state index contributed by atoms with van der Waals surface area (Å²) in [4.78, 5) is 12.6. The predicted octanol–water partition coefficient (Wildman–Crippen LogP) is 4.48. The summed E-state index contributed by atoms with van der Waals surface area (Å²) in [6, 6.07) is 6.89. The molecule has 1 aromatic carbocycles. The molecule has 3 nitrogen and oxygen atoms in total. The van der Waals surface area contributed by atoms with E-state index in [-0.39, 0.29) is 5.57 Å². The third kappa shape index (κ3) is 4.54. The van der Waals surface area contributed by atoms with Crippen molar-refractivity contribution in [3.8, 4) is 5.75 Å². The zero-order chi connectivity index (χ0) is 17.5. The first kappa shape index (κ1) is 17.9. The van der Waals surface area contributed by atoms with Crippen molar-refractivity contribution in [1.29, 1.82) is 0 Å². The molecule has 1 aromatic rings. The summed E-state index contributed by atoms with van der Waals surface area (Å²) in [5.74, 6) is -1.65. The fraction of sp³-hybridized carbons (Fsp3) is 0.316. The first-order valence-corrected chi connectivity index (χ1v) is 7.88. The fourth-order valence-electron chi connectivity index (χ4n) is 2.55. The molecule has 0 bridgehead atoms. The van der Waals surface area contributed by atoms with Gasteiger partial charge in [-0.25, -0.2) is 8.78 Å². The van der Waals surface area contributed by atoms with E-state index in [0.29, 0.717) is 17.7 Å². The lowest BCUT2D eigenvalue weighted by Crippen LogP contribution is -2.23. The minimum Gasteiger partial charge on any atom is -0.497 e. The van der Waals surface area contributed by atoms with Crippen LogP contribution in [0.25, 0.3) is 5.57 Å². The van der Waals surface area contributed by atoms with E-state index in [2.05, 4.69) is 5.32 Å². The average Bonchev–Trinajstić information content (AvgIpc) is 2.61. The molecule has 1 aliphatic rings. The van der Waals surface area contributed by atoms with Crippen LogP contribution in [0.5, 0.6) is 5.75 Å². The number of Topliss-reactive ketones (excluding diaryl/α,β-unsaturated/α-hetero) is 1. The fourth-order valence-corrected chi connectivity index (χ4v) is 2.55. The van der Waals surface area contributed by atoms with Crippen LogP contribution in [-0.4, -0.2) is 19.4 Å². The highest BCUT2D eigenvalue weighted by atomic mass is 19.1. The smallest absolute Gasteiger partial charge is 0.223 e. The number of carbonyl (C=O) groups is 1. The predicted molar refractivity (Wildman–Crippen MR) is 90.8 cm³/mol. The second-order valence-electron chi connectivity index (χ2n) is 5.56. The summed E-state index contributed by atoms with van der Waals surface area (Å²) in [7, 11) is 1.55. The number of benzene rings is 1. The van der Waals surface area contributed by atoms with E-state index >= 15 is 0 Å². The lowest BCUT2D eigenvalue weighted by atomic mass is 9.94. The molecule has 0 unspecified atom stereocenters. The number of carbonyl (C=O) groups excluding carboxylic acids is 1. The van der Waals surface area contributed by atoms with Crippen LogP contribution in [0.3, 0.4) is 0 Å². The molecule has 0 atom stereocenters. The SMILES string of the molecule is COc1ccc(/C(C(=O)/C(F)=C\C=C(/C)F)=C2\CCCCN2)cc1. The van der Waals surface area contributed by atoms with Crippen LogP contribution < -0.4 is 10.1 Å². The second kappa shape index (κ2) is 8.43. The highest BCUT2D eigenvalue weighted by Crippen LogP contribution is 2.28. The van der Waals surface area contributed by atoms with Crippen molar-refractivity contribution in [1.82, 2.24) is 5.32 Å². The van der Waals surface area contributed by atoms with Crippen molar-refractivity contribution in [3.63, 3.8) is 0 Å². The second-order valence-corrected chi connectivity index (χ2v) is 5.56. The number of halogens is 2. The van der Waals surface area contributed by atoms with Gasteiger partial charge in [-0.2, -0.15) is 0 Å². The Labute approximate surface area is 140 Å². The molecular weight excluding hydrogens is 312 g/mol. The van der Waals surface area contributed by atoms with Crippen LogP contribution in [0, 0.1) is 0 Å². The van der Waals surface area contributed by atoms with Gasteiger partial charge in [0.25, 0.3) is 0 Å². The highest BCUT2D eigenvalue weighted by molar-refractivity contribution is 6.28. The monoisotopic (exact) mass is 333 g/mol. The van der Waals surface area contributed by atoms with Crippen molar-refractivity contribution < 1.29 is 18.3 Å². The van der Waals surface area contributed by atoms with Gasteiger partial charge in [0.15, 0.2) is 5.83 Å². The van der Waals surface area contributed by atoms with Gasteiger partial charge >= 0.3 is 0 Å². The first-order valence-electron chi connectivity index (χ1n) is 7.88. The Balaban J connectivity index is 2.44. The Morgan fingerprint density at radius 1 is 1.17 bits per heavy atom. The molecule has 0 radical (unpaired) electrons. The summed E-state index contributed by atoms with van der Waals surface area (Å²) in [6.07, 6.45) is 4.43. The van der Waals surface area contributed by atoms with Gasteiger partial charge in [-0.15, -0.1) is 0 Å². The van der Waals surface area contributed by atoms with Crippen LogP contribution in [0.4, 0.5) is 8.78 Å². The minimum absolute atomic E-state index is 0.288. The van der Waals surface area contributed by atoms with E-state index in [1.54, 1.807) is 31.4 Å². The summed E-state index contributed by atoms with van der Waals surface area (Å²) in [6.45, 7) is 1.94. The summed E-state index contributed by atoms with van der Waals surface area (Å²) in [5, 5.41) is 3.19. The van der Waals surface area contributed by atoms with E-state index in [0.717, 1.165) is 37.2 Å². The zero-order valence-corrected chi connectivity index (χ0v) is 13.9. The molecule has 128 valence electrons. The number of rotatable bonds is 5. The molecule has 1 N–H and O–H groups in total. The normalized spacial score (nSPS) is 18.0. The Morgan fingerprint density at radius 2 is 1.88 bits per heavy atom. The molecule has 1 aliphatic heterocycles. The molecule has 1 saturated heterocycles. The van der Waals surface area contributed by atoms with E-state index in [4.69, 9.17) is 4.74 Å². The van der Waals surface area contributed by atoms with Crippen LogP contribution in [0.2, 0.25) is 0 Å². The maximum absolute atomic E-state index is 14.2. The van der Waals surface area contributed by atoms with Gasteiger partial charge in [0.05, 0.1) is 18.5 Å². The number of piperidine rings is 1. The van der Waals surface area contributed by atoms with E-state index in [1.807, 2.05) is 0 Å². The van der Waals surface area contributed by atoms with Gasteiger partial charge in [-0.05, 0) is 56.0 Å². The Kier molecular flexibility index (Phi) is 6.29. The third-order valence-corrected chi connectivity index (χ3v) is 3.78. The quantitative estimate of drug-likeness (QED) is 0.638. The lowest BCUT2D eigenvalue weighted by molar-refractivity contribution is -0.111. The van der Waals surface area contributed by atoms with Crippen molar-refractivity contribution in [2.45, 2.75) is 26.2 Å². The van der Waals surface area contributed by atoms with Crippen LogP contribution in [0.1, 0.15) is 31.7 Å². The van der Waals surface area contributed by atoms with Gasteiger partial charge in [0.1, 0.15) is 5.75 Å². The largest absolute Gasteiger partial charge is 0.497 e. The van der Waals surface area contributed by atoms with Gasteiger partial charge in [-0.3, -0.25) is 4.79 Å². The molecule has 0 aliphatic carbocycles. The third-order valence-electron chi connectivity index (χ3n) is 3.78. The number of ether oxygens (including phenoxy) is 1. The van der Waals surface area contributed by atoms with Gasteiger partial charge in [0, 0.05) is 12.2 Å². The maximum Gasteiger partial charge on any atom is 0.223 e. The minimum atomic E-state index is -0.988. The number of allylic oxidation sites excluding steroid dienone is 6. The van der Waals surface area contributed by atoms with Crippen molar-refractivity contribution in [3.05, 3.63) is 59.3 Å². The molecule has 0 aromatic heterocycles. The van der Waals surface area contributed by atoms with Gasteiger partial charge in [0.2, 0.25) is 5.78 Å². The standard InChI is InChI=1S/C19H21F2NO2/c1-13(20)6-11-16(21)19(23)18(17-5-3-4-12-22-17)14-7-9-15(24-2)10-8-14/h6-11,22H,3-5,12H2,1-2H3/b13-6+,16-11+,18-17-. The van der Waals surface area contributed by atoms with Crippen molar-refractivity contribution in [2.24, 2.45) is 0 Å². The number of hydrogen-bond acceptors (Lipinski definition) is 3. The number of hydrogen-bond donors (Lipinski definition) is 1. The summed E-state index contributed by atoms with van der Waals surface area (Å²) >= 11 is 0. The molecule has 1 heterocycles. The highest BCUT2D eigenvalue weighted by Gasteiger charge is 2.22. The molecule has 5 heteroatoms. The molecule has 2 rings (SSSR count). The molecule has 0 amide bonds. The molecule has 0 spiro atoms. The van der Waals surface area contributed by atoms with Crippen LogP contribution >= 0.6 is 0 Å². The van der Waals surface area contributed by atoms with E-state index in [9.17, 15) is 13.6 Å². The first-order chi connectivity index (χ1) is 11.5. The Hall–Kier alpha value is -2.43. The van der Waals surface area contributed by atoms with Gasteiger partial charge < -0.3 is 10.1 Å². The van der Waals surface area contributed by atoms with Crippen LogP contribution in [0.15, 0.2) is 53.8 Å². The molecule has 24 heavy (non-hydrogen) atoms. The van der Waals surface area contributed by atoms with E-state index < -0.39 is 17.4 Å². The zero-order valence-electron chi connectivity index (χ0n) is 13.9. The van der Waals surface area contributed by atoms with E-state index in [1.165, 1.54) is 6.92 Å². The number of nitrogens with one attached hydrogen (secondary N) is 1. The number of methoxy groups -OCH3 is 1. The van der Waals surface area contributed by atoms with Gasteiger partial charge in [-0.1, -0.05) is 12.1 Å². The Bertz CT molecular complexity index is 676. The number of ketones is 1. The molecular formula is C19H21F2NO2. The van der Waals surface area contributed by atoms with Crippen LogP contribution in [-0.2, 0) is 4.79 Å². The lowest BCUT2D eigenvalue weighted by Gasteiger charge is -2.21. The van der Waals surface area contributed by atoms with Crippen molar-refractivity contribution in [2.75, 3.05) is 13.7 Å². The molecule has 0 saturated carbocycles. The topological polar surface area (TPSA) is 38.3 Å². The molecule has 1 fully saturated rings. The summed E-state index contributed by atoms with van der Waals surface area (Å²) < 4.78 is 32.1. The Morgan fingerprint density at radius 3 is 2.42 bits per heavy atom. The average molecular weight is 333 g/mol.